The van der Waals surface area contributed by atoms with Crippen molar-refractivity contribution in [3.63, 3.8) is 0 Å². The minimum absolute atomic E-state index is 0.0163. The molecule has 0 fully saturated rings. The Morgan fingerprint density at radius 3 is 2.27 bits per heavy atom. The van der Waals surface area contributed by atoms with Crippen LogP contribution in [0.15, 0.2) is 47.5 Å². The first kappa shape index (κ1) is 23.3. The molecule has 0 aliphatic carbocycles. The predicted molar refractivity (Wildman–Crippen MR) is 120 cm³/mol. The van der Waals surface area contributed by atoms with Gasteiger partial charge >= 0.3 is 0 Å². The number of nitrogens with one attached hydrogen (secondary N) is 2. The number of nitrogens with zero attached hydrogens (tertiary/aromatic N) is 3. The summed E-state index contributed by atoms with van der Waals surface area (Å²) in [6.45, 7) is 4.32. The van der Waals surface area contributed by atoms with Gasteiger partial charge in [0, 0.05) is 44.9 Å². The molecule has 0 saturated heterocycles. The topological polar surface area (TPSA) is 60.0 Å². The lowest BCUT2D eigenvalue weighted by Gasteiger charge is -2.14. The summed E-state index contributed by atoms with van der Waals surface area (Å²) < 4.78 is 14.0. The summed E-state index contributed by atoms with van der Waals surface area (Å²) in [4.78, 5) is 20.1. The van der Waals surface area contributed by atoms with Crippen LogP contribution in [0.25, 0.3) is 0 Å². The van der Waals surface area contributed by atoms with Crippen molar-refractivity contribution >= 4 is 11.9 Å². The lowest BCUT2D eigenvalue weighted by molar-refractivity contribution is 0.0827. The van der Waals surface area contributed by atoms with E-state index < -0.39 is 0 Å². The van der Waals surface area contributed by atoms with Crippen molar-refractivity contribution in [2.75, 3.05) is 34.7 Å². The van der Waals surface area contributed by atoms with E-state index in [1.54, 1.807) is 25.1 Å². The normalized spacial score (nSPS) is 11.5. The van der Waals surface area contributed by atoms with Gasteiger partial charge in [-0.3, -0.25) is 4.79 Å². The number of carbonyl (C=O) groups is 1. The number of benzene rings is 2. The highest BCUT2D eigenvalue weighted by atomic mass is 19.1. The Hall–Kier alpha value is -2.93. The SMILES string of the molecule is CCNC(=NCc1ccc(F)c(CN(C)C)c1)NCc1ccc(C(=O)N(C)C)cc1. The second-order valence-corrected chi connectivity index (χ2v) is 7.61. The average molecular weight is 414 g/mol. The molecule has 162 valence electrons. The maximum absolute atomic E-state index is 14.0. The van der Waals surface area contributed by atoms with E-state index in [9.17, 15) is 9.18 Å². The third-order valence-electron chi connectivity index (χ3n) is 4.43. The van der Waals surface area contributed by atoms with Crippen molar-refractivity contribution in [2.45, 2.75) is 26.6 Å². The zero-order valence-corrected chi connectivity index (χ0v) is 18.5. The van der Waals surface area contributed by atoms with Crippen molar-refractivity contribution in [1.29, 1.82) is 0 Å². The lowest BCUT2D eigenvalue weighted by atomic mass is 10.1. The molecule has 0 unspecified atom stereocenters. The molecule has 7 heteroatoms. The number of guanidine groups is 1. The molecule has 0 radical (unpaired) electrons. The Labute approximate surface area is 178 Å². The van der Waals surface area contributed by atoms with Crippen molar-refractivity contribution in [3.8, 4) is 0 Å². The fraction of sp³-hybridized carbons (Fsp3) is 0.391. The molecule has 0 aliphatic rings. The van der Waals surface area contributed by atoms with Crippen molar-refractivity contribution in [2.24, 2.45) is 4.99 Å². The van der Waals surface area contributed by atoms with E-state index in [1.807, 2.05) is 56.3 Å². The Balaban J connectivity index is 2.02. The molecule has 0 atom stereocenters. The predicted octanol–water partition coefficient (Wildman–Crippen LogP) is 2.84. The molecule has 2 aromatic carbocycles. The number of hydrogen-bond donors (Lipinski definition) is 2. The van der Waals surface area contributed by atoms with Gasteiger partial charge < -0.3 is 20.4 Å². The Morgan fingerprint density at radius 2 is 1.67 bits per heavy atom. The molecule has 0 heterocycles. The summed E-state index contributed by atoms with van der Waals surface area (Å²) in [5.74, 6) is 0.472. The molecule has 2 rings (SSSR count). The Bertz CT molecular complexity index is 862. The van der Waals surface area contributed by atoms with Crippen LogP contribution >= 0.6 is 0 Å². The van der Waals surface area contributed by atoms with E-state index in [-0.39, 0.29) is 11.7 Å². The third-order valence-corrected chi connectivity index (χ3v) is 4.43. The summed E-state index contributed by atoms with van der Waals surface area (Å²) in [6, 6.07) is 12.6. The van der Waals surface area contributed by atoms with Gasteiger partial charge in [-0.05, 0) is 56.4 Å². The second kappa shape index (κ2) is 11.3. The van der Waals surface area contributed by atoms with Crippen LogP contribution in [0.5, 0.6) is 0 Å². The summed E-state index contributed by atoms with van der Waals surface area (Å²) in [5, 5.41) is 6.52. The van der Waals surface area contributed by atoms with Gasteiger partial charge in [0.2, 0.25) is 0 Å². The van der Waals surface area contributed by atoms with E-state index in [1.165, 1.54) is 6.07 Å². The maximum atomic E-state index is 14.0. The molecule has 0 aliphatic heterocycles. The number of hydrogen-bond acceptors (Lipinski definition) is 3. The second-order valence-electron chi connectivity index (χ2n) is 7.61. The van der Waals surface area contributed by atoms with E-state index in [4.69, 9.17) is 0 Å². The zero-order valence-electron chi connectivity index (χ0n) is 18.5. The molecule has 0 saturated carbocycles. The van der Waals surface area contributed by atoms with Gasteiger partial charge in [0.15, 0.2) is 5.96 Å². The van der Waals surface area contributed by atoms with Crippen molar-refractivity contribution < 1.29 is 9.18 Å². The molecule has 0 spiro atoms. The highest BCUT2D eigenvalue weighted by molar-refractivity contribution is 5.93. The lowest BCUT2D eigenvalue weighted by Crippen LogP contribution is -2.36. The van der Waals surface area contributed by atoms with Crippen molar-refractivity contribution in [3.05, 3.63) is 70.5 Å². The van der Waals surface area contributed by atoms with Gasteiger partial charge in [-0.15, -0.1) is 0 Å². The summed E-state index contributed by atoms with van der Waals surface area (Å²) in [6.07, 6.45) is 0. The van der Waals surface area contributed by atoms with Gasteiger partial charge in [-0.2, -0.15) is 0 Å². The maximum Gasteiger partial charge on any atom is 0.253 e. The Morgan fingerprint density at radius 1 is 1.00 bits per heavy atom. The average Bonchev–Trinajstić information content (AvgIpc) is 2.71. The number of amides is 1. The van der Waals surface area contributed by atoms with Crippen LogP contribution < -0.4 is 10.6 Å². The minimum atomic E-state index is -0.197. The monoisotopic (exact) mass is 413 g/mol. The van der Waals surface area contributed by atoms with Gasteiger partial charge in [0.05, 0.1) is 6.54 Å². The molecular weight excluding hydrogens is 381 g/mol. The number of rotatable bonds is 8. The highest BCUT2D eigenvalue weighted by Crippen LogP contribution is 2.13. The van der Waals surface area contributed by atoms with E-state index in [0.29, 0.717) is 36.7 Å². The van der Waals surface area contributed by atoms with Crippen LogP contribution in [0.4, 0.5) is 4.39 Å². The standard InChI is InChI=1S/C23H32FN5O/c1-6-25-23(26-14-17-7-10-19(11-8-17)22(30)29(4)5)27-15-18-9-12-21(24)20(13-18)16-28(2)3/h7-13H,6,14-16H2,1-5H3,(H2,25,26,27). The number of carbonyl (C=O) groups excluding carboxylic acids is 1. The van der Waals surface area contributed by atoms with Gasteiger partial charge in [0.1, 0.15) is 5.82 Å². The summed E-state index contributed by atoms with van der Waals surface area (Å²) in [7, 11) is 7.31. The largest absolute Gasteiger partial charge is 0.357 e. The third kappa shape index (κ3) is 7.15. The summed E-state index contributed by atoms with van der Waals surface area (Å²) >= 11 is 0. The molecule has 30 heavy (non-hydrogen) atoms. The fourth-order valence-electron chi connectivity index (χ4n) is 2.91. The first-order valence-electron chi connectivity index (χ1n) is 10.0. The molecule has 0 aromatic heterocycles. The van der Waals surface area contributed by atoms with E-state index in [2.05, 4.69) is 15.6 Å². The fourth-order valence-corrected chi connectivity index (χ4v) is 2.91. The highest BCUT2D eigenvalue weighted by Gasteiger charge is 2.08. The molecular formula is C23H32FN5O. The molecule has 0 bridgehead atoms. The molecule has 2 N–H and O–H groups in total. The van der Waals surface area contributed by atoms with Crippen LogP contribution in [-0.4, -0.2) is 56.4 Å². The van der Waals surface area contributed by atoms with Gasteiger partial charge in [0.25, 0.3) is 5.91 Å². The van der Waals surface area contributed by atoms with Crippen LogP contribution in [0.3, 0.4) is 0 Å². The molecule has 2 aromatic rings. The summed E-state index contributed by atoms with van der Waals surface area (Å²) in [5.41, 5.74) is 3.33. The molecule has 6 nitrogen and oxygen atoms in total. The number of aliphatic imine (C=N–C) groups is 1. The van der Waals surface area contributed by atoms with Crippen LogP contribution in [-0.2, 0) is 19.6 Å². The first-order valence-corrected chi connectivity index (χ1v) is 10.0. The van der Waals surface area contributed by atoms with Crippen LogP contribution in [0.1, 0.15) is 34.0 Å². The van der Waals surface area contributed by atoms with Crippen LogP contribution in [0, 0.1) is 5.82 Å². The molecule has 1 amide bonds. The Kier molecular flexibility index (Phi) is 8.80. The minimum Gasteiger partial charge on any atom is -0.357 e. The van der Waals surface area contributed by atoms with Gasteiger partial charge in [-0.1, -0.05) is 18.2 Å². The van der Waals surface area contributed by atoms with E-state index >= 15 is 0 Å². The van der Waals surface area contributed by atoms with Crippen molar-refractivity contribution in [1.82, 2.24) is 20.4 Å². The van der Waals surface area contributed by atoms with Crippen LogP contribution in [0.2, 0.25) is 0 Å². The van der Waals surface area contributed by atoms with E-state index in [0.717, 1.165) is 17.7 Å². The smallest absolute Gasteiger partial charge is 0.253 e. The quantitative estimate of drug-likeness (QED) is 0.516. The van der Waals surface area contributed by atoms with Gasteiger partial charge in [-0.25, -0.2) is 9.38 Å². The number of halogens is 1. The first-order chi connectivity index (χ1) is 14.3. The zero-order chi connectivity index (χ0) is 22.1.